The molecule has 7 nitrogen and oxygen atoms in total. The van der Waals surface area contributed by atoms with E-state index in [9.17, 15) is 23.1 Å². The molecular weight excluding hydrogens is 368 g/mol. The normalized spacial score (nSPS) is 13.6. The number of amides is 1. The topological polar surface area (TPSA) is 104 Å². The van der Waals surface area contributed by atoms with E-state index < -0.39 is 27.9 Å². The van der Waals surface area contributed by atoms with Crippen LogP contribution in [0.2, 0.25) is 0 Å². The van der Waals surface area contributed by atoms with Gasteiger partial charge in [0.2, 0.25) is 10.0 Å². The fraction of sp³-hybridized carbons (Fsp3) is 0.579. The van der Waals surface area contributed by atoms with Crippen LogP contribution < -0.4 is 5.32 Å². The van der Waals surface area contributed by atoms with Crippen LogP contribution in [0.5, 0.6) is 0 Å². The quantitative estimate of drug-likeness (QED) is 0.701. The van der Waals surface area contributed by atoms with Crippen molar-refractivity contribution in [3.05, 3.63) is 29.8 Å². The molecule has 1 atom stereocenters. The average molecular weight is 399 g/mol. The lowest BCUT2D eigenvalue weighted by molar-refractivity contribution is -0.139. The molecule has 0 spiro atoms. The predicted octanol–water partition coefficient (Wildman–Crippen LogP) is 2.72. The first-order chi connectivity index (χ1) is 12.3. The number of hydrogen-bond donors (Lipinski definition) is 2. The van der Waals surface area contributed by atoms with Gasteiger partial charge in [-0.3, -0.25) is 4.79 Å². The Morgan fingerprint density at radius 1 is 1.22 bits per heavy atom. The van der Waals surface area contributed by atoms with Gasteiger partial charge in [0.25, 0.3) is 5.91 Å². The van der Waals surface area contributed by atoms with Gasteiger partial charge in [0.05, 0.1) is 4.90 Å². The third kappa shape index (κ3) is 6.62. The molecule has 0 aromatic heterocycles. The number of carboxylic acids is 1. The van der Waals surface area contributed by atoms with Gasteiger partial charge in [-0.2, -0.15) is 4.31 Å². The number of sulfonamides is 1. The van der Waals surface area contributed by atoms with Crippen LogP contribution in [0.1, 0.15) is 57.8 Å². The van der Waals surface area contributed by atoms with Crippen molar-refractivity contribution < 1.29 is 23.1 Å². The summed E-state index contributed by atoms with van der Waals surface area (Å²) in [5.41, 5.74) is 0.0450. The molecule has 0 saturated carbocycles. The summed E-state index contributed by atoms with van der Waals surface area (Å²) in [5, 5.41) is 11.9. The molecule has 8 heteroatoms. The standard InChI is InChI=1S/C19H30N2O5S/c1-13(2)21(6)27(25,26)15-9-7-8-14(12-15)17(22)20-16(18(23)24)10-11-19(3,4)5/h7-9,12-13,16H,10-11H2,1-6H3,(H,20,22)(H,23,24). The molecular formula is C19H30N2O5S. The Balaban J connectivity index is 3.03. The summed E-state index contributed by atoms with van der Waals surface area (Å²) in [5.74, 6) is -1.73. The molecule has 1 amide bonds. The van der Waals surface area contributed by atoms with Crippen molar-refractivity contribution in [2.45, 2.75) is 64.4 Å². The van der Waals surface area contributed by atoms with Crippen LogP contribution in [0, 0.1) is 5.41 Å². The number of rotatable bonds is 8. The minimum Gasteiger partial charge on any atom is -0.480 e. The summed E-state index contributed by atoms with van der Waals surface area (Å²) in [6.45, 7) is 9.48. The summed E-state index contributed by atoms with van der Waals surface area (Å²) in [6, 6.07) is 4.36. The molecule has 0 aliphatic heterocycles. The van der Waals surface area contributed by atoms with E-state index in [1.54, 1.807) is 13.8 Å². The van der Waals surface area contributed by atoms with Gasteiger partial charge in [0.15, 0.2) is 0 Å². The van der Waals surface area contributed by atoms with E-state index in [2.05, 4.69) is 5.32 Å². The minimum atomic E-state index is -3.73. The number of nitrogens with zero attached hydrogens (tertiary/aromatic N) is 1. The van der Waals surface area contributed by atoms with Crippen LogP contribution in [0.3, 0.4) is 0 Å². The monoisotopic (exact) mass is 398 g/mol. The zero-order chi connectivity index (χ0) is 21.0. The van der Waals surface area contributed by atoms with Crippen molar-refractivity contribution in [3.63, 3.8) is 0 Å². The van der Waals surface area contributed by atoms with Gasteiger partial charge in [-0.1, -0.05) is 26.8 Å². The zero-order valence-electron chi connectivity index (χ0n) is 16.8. The molecule has 0 aliphatic rings. The SMILES string of the molecule is CC(C)N(C)S(=O)(=O)c1cccc(C(=O)NC(CCC(C)(C)C)C(=O)O)c1. The third-order valence-electron chi connectivity index (χ3n) is 4.29. The molecule has 152 valence electrons. The Hall–Kier alpha value is -1.93. The van der Waals surface area contributed by atoms with Gasteiger partial charge in [-0.05, 0) is 50.3 Å². The van der Waals surface area contributed by atoms with E-state index in [4.69, 9.17) is 0 Å². The van der Waals surface area contributed by atoms with E-state index >= 15 is 0 Å². The zero-order valence-corrected chi connectivity index (χ0v) is 17.6. The number of nitrogens with one attached hydrogen (secondary N) is 1. The average Bonchev–Trinajstić information content (AvgIpc) is 2.56. The van der Waals surface area contributed by atoms with Crippen LogP contribution in [0.25, 0.3) is 0 Å². The van der Waals surface area contributed by atoms with Gasteiger partial charge in [0.1, 0.15) is 6.04 Å². The summed E-state index contributed by atoms with van der Waals surface area (Å²) in [4.78, 5) is 23.9. The largest absolute Gasteiger partial charge is 0.480 e. The summed E-state index contributed by atoms with van der Waals surface area (Å²) < 4.78 is 26.4. The van der Waals surface area contributed by atoms with Crippen molar-refractivity contribution in [1.82, 2.24) is 9.62 Å². The van der Waals surface area contributed by atoms with E-state index in [0.29, 0.717) is 12.8 Å². The van der Waals surface area contributed by atoms with Gasteiger partial charge in [0, 0.05) is 18.7 Å². The van der Waals surface area contributed by atoms with E-state index in [-0.39, 0.29) is 21.9 Å². The van der Waals surface area contributed by atoms with Crippen molar-refractivity contribution in [1.29, 1.82) is 0 Å². The van der Waals surface area contributed by atoms with E-state index in [0.717, 1.165) is 0 Å². The van der Waals surface area contributed by atoms with Crippen LogP contribution >= 0.6 is 0 Å². The highest BCUT2D eigenvalue weighted by molar-refractivity contribution is 7.89. The molecule has 0 bridgehead atoms. The Bertz CT molecular complexity index is 782. The van der Waals surface area contributed by atoms with E-state index in [1.807, 2.05) is 20.8 Å². The van der Waals surface area contributed by atoms with Crippen molar-refractivity contribution in [2.24, 2.45) is 5.41 Å². The molecule has 0 aliphatic carbocycles. The number of hydrogen-bond acceptors (Lipinski definition) is 4. The van der Waals surface area contributed by atoms with Gasteiger partial charge >= 0.3 is 5.97 Å². The highest BCUT2D eigenvalue weighted by atomic mass is 32.2. The highest BCUT2D eigenvalue weighted by Gasteiger charge is 2.26. The number of carboxylic acid groups (broad SMARTS) is 1. The Morgan fingerprint density at radius 3 is 2.30 bits per heavy atom. The fourth-order valence-electron chi connectivity index (χ4n) is 2.32. The van der Waals surface area contributed by atoms with Gasteiger partial charge in [-0.25, -0.2) is 13.2 Å². The molecule has 0 saturated heterocycles. The molecule has 1 aromatic carbocycles. The molecule has 2 N–H and O–H groups in total. The van der Waals surface area contributed by atoms with Crippen molar-refractivity contribution in [3.8, 4) is 0 Å². The van der Waals surface area contributed by atoms with Crippen LogP contribution in [-0.2, 0) is 14.8 Å². The third-order valence-corrected chi connectivity index (χ3v) is 6.32. The maximum Gasteiger partial charge on any atom is 0.326 e. The Kier molecular flexibility index (Phi) is 7.57. The molecule has 1 aromatic rings. The number of carbonyl (C=O) groups is 2. The number of carbonyl (C=O) groups excluding carboxylic acids is 1. The molecule has 0 radical (unpaired) electrons. The number of benzene rings is 1. The fourth-order valence-corrected chi connectivity index (χ4v) is 3.73. The van der Waals surface area contributed by atoms with Crippen LogP contribution in [-0.4, -0.2) is 48.8 Å². The molecule has 27 heavy (non-hydrogen) atoms. The molecule has 0 fully saturated rings. The first-order valence-electron chi connectivity index (χ1n) is 8.87. The van der Waals surface area contributed by atoms with Gasteiger partial charge in [-0.15, -0.1) is 0 Å². The lowest BCUT2D eigenvalue weighted by Gasteiger charge is -2.22. The lowest BCUT2D eigenvalue weighted by atomic mass is 9.88. The first kappa shape index (κ1) is 23.1. The Morgan fingerprint density at radius 2 is 1.81 bits per heavy atom. The molecule has 1 unspecified atom stereocenters. The maximum absolute atomic E-state index is 12.6. The second-order valence-electron chi connectivity index (χ2n) is 8.11. The van der Waals surface area contributed by atoms with Crippen LogP contribution in [0.15, 0.2) is 29.2 Å². The lowest BCUT2D eigenvalue weighted by Crippen LogP contribution is -2.41. The van der Waals surface area contributed by atoms with E-state index in [1.165, 1.54) is 35.6 Å². The smallest absolute Gasteiger partial charge is 0.326 e. The second-order valence-corrected chi connectivity index (χ2v) is 10.1. The van der Waals surface area contributed by atoms with Gasteiger partial charge < -0.3 is 10.4 Å². The van der Waals surface area contributed by atoms with Crippen molar-refractivity contribution in [2.75, 3.05) is 7.05 Å². The van der Waals surface area contributed by atoms with Crippen LogP contribution in [0.4, 0.5) is 0 Å². The summed E-state index contributed by atoms with van der Waals surface area (Å²) in [7, 11) is -2.26. The second kappa shape index (κ2) is 8.84. The van der Waals surface area contributed by atoms with Crippen molar-refractivity contribution >= 4 is 21.9 Å². The minimum absolute atomic E-state index is 0.00656. The predicted molar refractivity (Wildman–Crippen MR) is 104 cm³/mol. The molecule has 1 rings (SSSR count). The summed E-state index contributed by atoms with van der Waals surface area (Å²) >= 11 is 0. The first-order valence-corrected chi connectivity index (χ1v) is 10.3. The highest BCUT2D eigenvalue weighted by Crippen LogP contribution is 2.22. The summed E-state index contributed by atoms with van der Waals surface area (Å²) in [6.07, 6.45) is 0.913. The maximum atomic E-state index is 12.6. The number of aliphatic carboxylic acids is 1. The molecule has 0 heterocycles. The Labute approximate surface area is 161 Å².